The molecule has 0 aromatic rings. The lowest BCUT2D eigenvalue weighted by molar-refractivity contribution is -0.190. The topological polar surface area (TPSA) is 419 Å². The van der Waals surface area contributed by atoms with Crippen molar-refractivity contribution in [2.75, 3.05) is 0 Å². The molecule has 3 saturated carbocycles. The fourth-order valence-corrected chi connectivity index (χ4v) is 12.6. The van der Waals surface area contributed by atoms with Gasteiger partial charge in [0.1, 0.15) is 11.1 Å². The molecule has 14 amide bonds. The van der Waals surface area contributed by atoms with Crippen LogP contribution >= 0.6 is 0 Å². The number of hydrogen-bond donors (Lipinski definition) is 0. The highest BCUT2D eigenvalue weighted by Gasteiger charge is 2.69. The largest absolute Gasteiger partial charge is 0.441 e. The molecule has 0 radical (unpaired) electrons. The molecule has 7 saturated heterocycles. The highest BCUT2D eigenvalue weighted by molar-refractivity contribution is 6.11. The first-order valence-electron chi connectivity index (χ1n) is 33.8. The molecule has 10 rings (SSSR count). The van der Waals surface area contributed by atoms with E-state index in [-0.39, 0.29) is 120 Å². The van der Waals surface area contributed by atoms with Crippen LogP contribution in [0.1, 0.15) is 159 Å². The Morgan fingerprint density at radius 2 is 0.682 bits per heavy atom. The minimum atomic E-state index is -4.92. The van der Waals surface area contributed by atoms with E-state index < -0.39 is 144 Å². The fraction of sp³-hybridized carbons (Fsp3) is 0.521. The summed E-state index contributed by atoms with van der Waals surface area (Å²) in [5.41, 5.74) is -2.46. The summed E-state index contributed by atoms with van der Waals surface area (Å²) in [6, 6.07) is 0. The zero-order chi connectivity index (χ0) is 84.0. The van der Waals surface area contributed by atoms with Gasteiger partial charge in [-0.25, -0.2) is 29.4 Å². The summed E-state index contributed by atoms with van der Waals surface area (Å²) in [5, 5.41) is 0. The third-order valence-electron chi connectivity index (χ3n) is 18.0. The van der Waals surface area contributed by atoms with Crippen LogP contribution in [0.4, 0.5) is 26.3 Å². The summed E-state index contributed by atoms with van der Waals surface area (Å²) >= 11 is 0. The Morgan fingerprint density at radius 1 is 0.409 bits per heavy atom. The second kappa shape index (κ2) is 37.6. The number of carbonyl (C=O) groups excluding carboxylic acids is 20. The lowest BCUT2D eigenvalue weighted by Crippen LogP contribution is -2.69. The first-order valence-corrected chi connectivity index (χ1v) is 33.8. The van der Waals surface area contributed by atoms with E-state index in [1.54, 1.807) is 25.7 Å². The number of β-lactam (4-membered cyclic amide) rings is 7. The summed E-state index contributed by atoms with van der Waals surface area (Å²) in [7, 11) is 0. The average Bonchev–Trinajstić information content (AvgIpc) is 1.51. The van der Waals surface area contributed by atoms with Crippen molar-refractivity contribution < 1.29 is 151 Å². The summed E-state index contributed by atoms with van der Waals surface area (Å²) in [5.74, 6) is -8.73. The third kappa shape index (κ3) is 21.5. The van der Waals surface area contributed by atoms with Gasteiger partial charge in [-0.3, -0.25) is 101 Å². The predicted octanol–water partition coefficient (Wildman–Crippen LogP) is 5.25. The molecule has 2 bridgehead atoms. The number of rotatable bonds is 16. The minimum Gasteiger partial charge on any atom is -0.441 e. The van der Waals surface area contributed by atoms with E-state index in [0.29, 0.717) is 17.9 Å². The number of halogens is 6. The number of alkyl halides is 6. The molecular formula is C71H83F6N7O26. The van der Waals surface area contributed by atoms with Gasteiger partial charge in [0.25, 0.3) is 41.4 Å². The van der Waals surface area contributed by atoms with Crippen molar-refractivity contribution in [2.45, 2.75) is 214 Å². The van der Waals surface area contributed by atoms with Crippen LogP contribution in [0.5, 0.6) is 0 Å². The maximum absolute atomic E-state index is 12.3. The summed E-state index contributed by atoms with van der Waals surface area (Å²) in [6.07, 6.45) is -6.24. The predicted molar refractivity (Wildman–Crippen MR) is 357 cm³/mol. The van der Waals surface area contributed by atoms with E-state index in [9.17, 15) is 122 Å². The molecule has 1 spiro atoms. The van der Waals surface area contributed by atoms with Crippen molar-refractivity contribution in [3.63, 3.8) is 0 Å². The number of ether oxygens (including phenoxy) is 6. The van der Waals surface area contributed by atoms with Gasteiger partial charge in [-0.05, 0) is 82.3 Å². The SMILES string of the molecule is C=C(C(=O)N1C(=O)CC1OC(=O)CC)C(F)(F)F.C=C(C(=O)N1C(=O)CC1OC(C)=O)C(F)(F)F.C=C(C)C(=O)N1C(=O)CC12CC1CC2C2CCCC12.C=C(C)C(=O)N1C(=O)CC1OC(=O)CC.C=C(C)C(=O)N1C(=O)CC1OC(C)=O.C=CC(=O)N1C(=O)CC1OC(=O)CC.C=CC(=O)N1C(=O)CC1OC(C)=O. The summed E-state index contributed by atoms with van der Waals surface area (Å²) in [6.45, 7) is 35.2. The zero-order valence-corrected chi connectivity index (χ0v) is 61.5. The van der Waals surface area contributed by atoms with Crippen LogP contribution in [0.15, 0.2) is 86.1 Å². The minimum absolute atomic E-state index is 0.00701. The lowest BCUT2D eigenvalue weighted by atomic mass is 9.64. The molecule has 0 aromatic heterocycles. The van der Waals surface area contributed by atoms with E-state index in [2.05, 4.69) is 60.3 Å². The van der Waals surface area contributed by atoms with Crippen molar-refractivity contribution in [2.24, 2.45) is 23.7 Å². The van der Waals surface area contributed by atoms with E-state index in [1.165, 1.54) is 60.3 Å². The second-order valence-corrected chi connectivity index (χ2v) is 25.9. The molecular weight excluding hydrogens is 1480 g/mol. The van der Waals surface area contributed by atoms with Crippen molar-refractivity contribution in [3.8, 4) is 0 Å². The van der Waals surface area contributed by atoms with Gasteiger partial charge in [0, 0.05) is 56.8 Å². The smallest absolute Gasteiger partial charge is 0.421 e. The summed E-state index contributed by atoms with van der Waals surface area (Å²) in [4.78, 5) is 228. The van der Waals surface area contributed by atoms with Crippen molar-refractivity contribution >= 4 is 119 Å². The number of carbonyl (C=O) groups is 20. The summed E-state index contributed by atoms with van der Waals surface area (Å²) < 4.78 is 102. The first-order chi connectivity index (χ1) is 50.9. The maximum atomic E-state index is 12.3. The second-order valence-electron chi connectivity index (χ2n) is 25.9. The van der Waals surface area contributed by atoms with Crippen LogP contribution in [0, 0.1) is 23.7 Å². The van der Waals surface area contributed by atoms with Crippen LogP contribution < -0.4 is 0 Å². The number of likely N-dealkylation sites (tertiary alicyclic amines) is 7. The molecule has 0 aromatic carbocycles. The molecule has 11 atom stereocenters. The average molecular weight is 1560 g/mol. The van der Waals surface area contributed by atoms with Gasteiger partial charge >= 0.3 is 48.2 Å². The normalized spacial score (nSPS) is 24.4. The van der Waals surface area contributed by atoms with Gasteiger partial charge in [0.2, 0.25) is 41.4 Å². The monoisotopic (exact) mass is 1560 g/mol. The van der Waals surface area contributed by atoms with E-state index in [1.807, 2.05) is 0 Å². The van der Waals surface area contributed by atoms with Crippen LogP contribution in [0.25, 0.3) is 0 Å². The number of imide groups is 7. The maximum Gasteiger partial charge on any atom is 0.421 e. The molecule has 33 nitrogen and oxygen atoms in total. The number of amides is 14. The molecule has 0 N–H and O–H groups in total. The molecule has 11 unspecified atom stereocenters. The van der Waals surface area contributed by atoms with E-state index in [0.717, 1.165) is 62.8 Å². The number of hydrogen-bond acceptors (Lipinski definition) is 26. The van der Waals surface area contributed by atoms with E-state index >= 15 is 0 Å². The zero-order valence-electron chi connectivity index (χ0n) is 61.5. The van der Waals surface area contributed by atoms with Crippen LogP contribution in [0.3, 0.4) is 0 Å². The molecule has 600 valence electrons. The fourth-order valence-electron chi connectivity index (χ4n) is 12.6. The van der Waals surface area contributed by atoms with Crippen molar-refractivity contribution in [3.05, 3.63) is 86.1 Å². The number of nitrogens with zero attached hydrogens (tertiary/aromatic N) is 7. The molecule has 10 fully saturated rings. The number of esters is 6. The van der Waals surface area contributed by atoms with Crippen molar-refractivity contribution in [1.29, 1.82) is 0 Å². The van der Waals surface area contributed by atoms with Gasteiger partial charge < -0.3 is 28.4 Å². The Kier molecular flexibility index (Phi) is 31.1. The molecule has 3 aliphatic carbocycles. The lowest BCUT2D eigenvalue weighted by Gasteiger charge is -2.55. The Balaban J connectivity index is 0.000000272. The Bertz CT molecular complexity index is 3940. The standard InChI is InChI=1S/C16H21NO2.C10H10F3NO4.C10H13NO4.C9H8F3NO4.2C9H11NO4.C8H9NO4/c1-9(2)15(19)17-14(18)8-16(17)7-10-6-13(16)12-5-3-4-11(10)12;1-3-8(16)18-7-4-6(15)14(7)9(17)5(2)10(11,12)13;1-4-9(13)15-8-5-7(12)11(8)10(14)6(2)3;1-4(9(10,11)12)8(16)13-6(15)3-7(13)17-5(2)14;1-5(2)9(13)10-7(12)4-8(10)14-6(3)11;1-3-6(11)10-7(12)5-8(10)14-9(13)4-2;1-3-6(11)9-7(12)4-8(9)13-5(2)10/h10-13H,1,3-8H2,2H3;7H,2-4H2,1H3;8H,2,4-5H2,1,3H3;7H,1,3H2,2H3;8H,1,4H2,2-3H3;3,8H,1,4-5H2,2H3;3,8H,1,4H2,2H3. The molecule has 7 heterocycles. The Hall–Kier alpha value is -11.4. The molecule has 39 heteroatoms. The Morgan fingerprint density at radius 3 is 0.936 bits per heavy atom. The highest BCUT2D eigenvalue weighted by atomic mass is 19.4. The van der Waals surface area contributed by atoms with Gasteiger partial charge in [0.05, 0.1) is 50.5 Å². The van der Waals surface area contributed by atoms with Crippen LogP contribution in [-0.2, 0) is 124 Å². The van der Waals surface area contributed by atoms with Gasteiger partial charge in [-0.2, -0.15) is 26.3 Å². The van der Waals surface area contributed by atoms with Gasteiger partial charge in [-0.15, -0.1) is 0 Å². The first kappa shape index (κ1) is 90.9. The Labute approximate surface area is 625 Å². The third-order valence-corrected chi connectivity index (χ3v) is 18.0. The van der Waals surface area contributed by atoms with Gasteiger partial charge in [0.15, 0.2) is 37.4 Å². The van der Waals surface area contributed by atoms with Gasteiger partial charge in [-0.1, -0.05) is 73.2 Å². The van der Waals surface area contributed by atoms with Crippen LogP contribution in [-0.4, -0.2) is 208 Å². The quantitative estimate of drug-likeness (QED) is 0.0625. The number of fused-ring (bicyclic) bond motifs is 6. The highest BCUT2D eigenvalue weighted by Crippen LogP contribution is 2.67. The van der Waals surface area contributed by atoms with Crippen molar-refractivity contribution in [1.82, 2.24) is 34.3 Å². The van der Waals surface area contributed by atoms with E-state index in [4.69, 9.17) is 14.2 Å². The van der Waals surface area contributed by atoms with Crippen LogP contribution in [0.2, 0.25) is 0 Å². The molecule has 7 aliphatic heterocycles. The molecule has 110 heavy (non-hydrogen) atoms. The molecule has 10 aliphatic rings.